The van der Waals surface area contributed by atoms with Crippen LogP contribution in [0.25, 0.3) is 0 Å². The van der Waals surface area contributed by atoms with Gasteiger partial charge in [0.2, 0.25) is 0 Å². The number of benzene rings is 1. The first kappa shape index (κ1) is 17.0. The van der Waals surface area contributed by atoms with Crippen molar-refractivity contribution in [3.05, 3.63) is 35.4 Å². The molecule has 122 valence electrons. The Morgan fingerprint density at radius 3 is 2.64 bits per heavy atom. The summed E-state index contributed by atoms with van der Waals surface area (Å²) in [5.41, 5.74) is 2.10. The van der Waals surface area contributed by atoms with E-state index in [0.29, 0.717) is 19.2 Å². The summed E-state index contributed by atoms with van der Waals surface area (Å²) in [5, 5.41) is 13.7. The summed E-state index contributed by atoms with van der Waals surface area (Å²) in [7, 11) is 0. The zero-order valence-corrected chi connectivity index (χ0v) is 13.5. The molecular formula is C18H27NO3. The number of rotatable bonds is 6. The quantitative estimate of drug-likeness (QED) is 0.794. The highest BCUT2D eigenvalue weighted by atomic mass is 16.5. The molecule has 1 unspecified atom stereocenters. The highest BCUT2D eigenvalue weighted by Crippen LogP contribution is 2.26. The van der Waals surface area contributed by atoms with E-state index >= 15 is 0 Å². The van der Waals surface area contributed by atoms with Gasteiger partial charge in [-0.3, -0.25) is 4.79 Å². The lowest BCUT2D eigenvalue weighted by Gasteiger charge is -2.28. The number of nitrogens with one attached hydrogen (secondary N) is 1. The van der Waals surface area contributed by atoms with E-state index in [1.807, 2.05) is 38.1 Å². The van der Waals surface area contributed by atoms with Crippen LogP contribution in [-0.2, 0) is 9.53 Å². The molecule has 0 heterocycles. The van der Waals surface area contributed by atoms with Crippen LogP contribution in [0.4, 0.5) is 0 Å². The van der Waals surface area contributed by atoms with Crippen LogP contribution in [-0.4, -0.2) is 30.3 Å². The molecular weight excluding hydrogens is 278 g/mol. The van der Waals surface area contributed by atoms with E-state index in [0.717, 1.165) is 36.8 Å². The van der Waals surface area contributed by atoms with Gasteiger partial charge in [0.25, 0.3) is 0 Å². The fraction of sp³-hybridized carbons (Fsp3) is 0.611. The lowest BCUT2D eigenvalue weighted by atomic mass is 9.86. The minimum absolute atomic E-state index is 0.0547. The number of hydrogen-bond acceptors (Lipinski definition) is 4. The molecule has 1 aromatic carbocycles. The fourth-order valence-corrected chi connectivity index (χ4v) is 3.14. The number of esters is 1. The second-order valence-electron chi connectivity index (χ2n) is 6.08. The Morgan fingerprint density at radius 2 is 2.00 bits per heavy atom. The molecule has 2 N–H and O–H groups in total. The predicted molar refractivity (Wildman–Crippen MR) is 86.5 cm³/mol. The average Bonchev–Trinajstić information content (AvgIpc) is 2.54. The van der Waals surface area contributed by atoms with Gasteiger partial charge in [-0.25, -0.2) is 0 Å². The van der Waals surface area contributed by atoms with Gasteiger partial charge in [-0.1, -0.05) is 24.3 Å². The fourth-order valence-electron chi connectivity index (χ4n) is 3.14. The maximum absolute atomic E-state index is 11.7. The van der Waals surface area contributed by atoms with Crippen LogP contribution < -0.4 is 5.32 Å². The summed E-state index contributed by atoms with van der Waals surface area (Å²) in [4.78, 5) is 11.7. The second kappa shape index (κ2) is 8.30. The zero-order chi connectivity index (χ0) is 15.9. The van der Waals surface area contributed by atoms with E-state index in [2.05, 4.69) is 5.32 Å². The maximum Gasteiger partial charge on any atom is 0.308 e. The van der Waals surface area contributed by atoms with Crippen LogP contribution in [0.2, 0.25) is 0 Å². The third-order valence-electron chi connectivity index (χ3n) is 4.49. The summed E-state index contributed by atoms with van der Waals surface area (Å²) < 4.78 is 5.09. The van der Waals surface area contributed by atoms with Crippen molar-refractivity contribution in [3.8, 4) is 0 Å². The molecule has 1 fully saturated rings. The standard InChI is InChI=1S/C18H27NO3/c1-3-22-18(21)14-8-10-15(11-9-14)19-12-17(20)16-7-5-4-6-13(16)2/h4-7,14-15,17,19-20H,3,8-12H2,1-2H3. The molecule has 0 bridgehead atoms. The van der Waals surface area contributed by atoms with E-state index in [1.165, 1.54) is 0 Å². The van der Waals surface area contributed by atoms with Gasteiger partial charge in [0.15, 0.2) is 0 Å². The Kier molecular flexibility index (Phi) is 6.40. The predicted octanol–water partition coefficient (Wildman–Crippen LogP) is 2.74. The molecule has 0 amide bonds. The molecule has 0 saturated heterocycles. The Balaban J connectivity index is 1.75. The second-order valence-corrected chi connectivity index (χ2v) is 6.08. The highest BCUT2D eigenvalue weighted by molar-refractivity contribution is 5.72. The lowest BCUT2D eigenvalue weighted by Crippen LogP contribution is -2.37. The van der Waals surface area contributed by atoms with E-state index in [-0.39, 0.29) is 11.9 Å². The number of ether oxygens (including phenoxy) is 1. The summed E-state index contributed by atoms with van der Waals surface area (Å²) in [6, 6.07) is 8.30. The summed E-state index contributed by atoms with van der Waals surface area (Å²) >= 11 is 0. The van der Waals surface area contributed by atoms with Crippen molar-refractivity contribution in [3.63, 3.8) is 0 Å². The molecule has 0 aromatic heterocycles. The number of carbonyl (C=O) groups is 1. The molecule has 4 heteroatoms. The topological polar surface area (TPSA) is 58.6 Å². The van der Waals surface area contributed by atoms with Crippen LogP contribution in [0.3, 0.4) is 0 Å². The third kappa shape index (κ3) is 4.55. The number of aliphatic hydroxyl groups is 1. The number of aryl methyl sites for hydroxylation is 1. The highest BCUT2D eigenvalue weighted by Gasteiger charge is 2.27. The van der Waals surface area contributed by atoms with Gasteiger partial charge in [0.05, 0.1) is 18.6 Å². The van der Waals surface area contributed by atoms with Gasteiger partial charge in [-0.15, -0.1) is 0 Å². The molecule has 2 rings (SSSR count). The monoisotopic (exact) mass is 305 g/mol. The summed E-state index contributed by atoms with van der Waals surface area (Å²) in [6.45, 7) is 4.88. The minimum atomic E-state index is -0.482. The van der Waals surface area contributed by atoms with Gasteiger partial charge in [-0.2, -0.15) is 0 Å². The van der Waals surface area contributed by atoms with Crippen LogP contribution in [0.5, 0.6) is 0 Å². The first-order valence-corrected chi connectivity index (χ1v) is 8.25. The molecule has 1 aromatic rings. The first-order valence-electron chi connectivity index (χ1n) is 8.25. The summed E-state index contributed by atoms with van der Waals surface area (Å²) in [6.07, 6.45) is 3.19. The third-order valence-corrected chi connectivity index (χ3v) is 4.49. The van der Waals surface area contributed by atoms with E-state index in [4.69, 9.17) is 4.74 Å². The van der Waals surface area contributed by atoms with E-state index in [1.54, 1.807) is 0 Å². The van der Waals surface area contributed by atoms with Gasteiger partial charge < -0.3 is 15.2 Å². The lowest BCUT2D eigenvalue weighted by molar-refractivity contribution is -0.149. The van der Waals surface area contributed by atoms with E-state index in [9.17, 15) is 9.90 Å². The normalized spacial score (nSPS) is 23.0. The molecule has 22 heavy (non-hydrogen) atoms. The molecule has 1 atom stereocenters. The van der Waals surface area contributed by atoms with Gasteiger partial charge in [0.1, 0.15) is 0 Å². The van der Waals surface area contributed by atoms with Crippen molar-refractivity contribution in [1.29, 1.82) is 0 Å². The minimum Gasteiger partial charge on any atom is -0.466 e. The largest absolute Gasteiger partial charge is 0.466 e. The number of aliphatic hydroxyl groups excluding tert-OH is 1. The molecule has 1 aliphatic rings. The Labute approximate surface area is 132 Å². The number of hydrogen-bond donors (Lipinski definition) is 2. The van der Waals surface area contributed by atoms with Crippen molar-refractivity contribution < 1.29 is 14.6 Å². The van der Waals surface area contributed by atoms with Crippen molar-refractivity contribution in [2.75, 3.05) is 13.2 Å². The molecule has 0 aliphatic heterocycles. The number of carbonyl (C=O) groups excluding carboxylic acids is 1. The molecule has 0 radical (unpaired) electrons. The van der Waals surface area contributed by atoms with Crippen molar-refractivity contribution in [2.24, 2.45) is 5.92 Å². The van der Waals surface area contributed by atoms with Gasteiger partial charge >= 0.3 is 5.97 Å². The van der Waals surface area contributed by atoms with Crippen molar-refractivity contribution >= 4 is 5.97 Å². The van der Waals surface area contributed by atoms with Gasteiger partial charge in [0, 0.05) is 12.6 Å². The smallest absolute Gasteiger partial charge is 0.308 e. The Hall–Kier alpha value is -1.39. The maximum atomic E-state index is 11.7. The molecule has 0 spiro atoms. The van der Waals surface area contributed by atoms with Crippen LogP contribution in [0.1, 0.15) is 49.8 Å². The molecule has 1 aliphatic carbocycles. The van der Waals surface area contributed by atoms with Crippen molar-refractivity contribution in [1.82, 2.24) is 5.32 Å². The van der Waals surface area contributed by atoms with Gasteiger partial charge in [-0.05, 0) is 50.7 Å². The zero-order valence-electron chi connectivity index (χ0n) is 13.5. The van der Waals surface area contributed by atoms with Crippen LogP contribution >= 0.6 is 0 Å². The Bertz CT molecular complexity index is 481. The Morgan fingerprint density at radius 1 is 1.32 bits per heavy atom. The summed E-state index contributed by atoms with van der Waals surface area (Å²) in [5.74, 6) is 0.000173. The van der Waals surface area contributed by atoms with Crippen LogP contribution in [0.15, 0.2) is 24.3 Å². The molecule has 4 nitrogen and oxygen atoms in total. The SMILES string of the molecule is CCOC(=O)C1CCC(NCC(O)c2ccccc2C)CC1. The van der Waals surface area contributed by atoms with E-state index < -0.39 is 6.10 Å². The van der Waals surface area contributed by atoms with Crippen molar-refractivity contribution in [2.45, 2.75) is 51.7 Å². The molecule has 1 saturated carbocycles. The average molecular weight is 305 g/mol. The van der Waals surface area contributed by atoms with Crippen LogP contribution in [0, 0.1) is 12.8 Å². The first-order chi connectivity index (χ1) is 10.6.